The lowest BCUT2D eigenvalue weighted by atomic mass is 10.1. The van der Waals surface area contributed by atoms with Crippen molar-refractivity contribution in [1.29, 1.82) is 5.41 Å². The fraction of sp³-hybridized carbons (Fsp3) is 0.391. The quantitative estimate of drug-likeness (QED) is 0.576. The number of piperazine rings is 1. The third-order valence-electron chi connectivity index (χ3n) is 4.93. The third-order valence-corrected chi connectivity index (χ3v) is 4.93. The number of rotatable bonds is 8. The molecule has 0 aliphatic carbocycles. The monoisotopic (exact) mass is 457 g/mol. The van der Waals surface area contributed by atoms with E-state index < -0.39 is 5.91 Å². The Morgan fingerprint density at radius 1 is 1.12 bits per heavy atom. The molecule has 3 N–H and O–H groups in total. The fourth-order valence-electron chi connectivity index (χ4n) is 3.13. The van der Waals surface area contributed by atoms with Gasteiger partial charge in [0.2, 0.25) is 0 Å². The van der Waals surface area contributed by atoms with Crippen LogP contribution in [0.3, 0.4) is 0 Å². The average Bonchev–Trinajstić information content (AvgIpc) is 2.83. The van der Waals surface area contributed by atoms with E-state index in [-0.39, 0.29) is 11.8 Å². The van der Waals surface area contributed by atoms with E-state index in [1.807, 2.05) is 0 Å². The van der Waals surface area contributed by atoms with Gasteiger partial charge in [-0.1, -0.05) is 0 Å². The maximum atomic E-state index is 12.5. The van der Waals surface area contributed by atoms with Crippen molar-refractivity contribution in [1.82, 2.24) is 9.80 Å². The highest BCUT2D eigenvalue weighted by molar-refractivity contribution is 6.42. The third kappa shape index (κ3) is 7.09. The fourth-order valence-corrected chi connectivity index (χ4v) is 3.13. The number of allylic oxidation sites excluding steroid dienone is 2. The first-order valence-electron chi connectivity index (χ1n) is 10.5. The Morgan fingerprint density at radius 3 is 2.36 bits per heavy atom. The molecule has 0 saturated carbocycles. The number of methoxy groups -OCH3 is 2. The Balaban J connectivity index is 1.95. The van der Waals surface area contributed by atoms with Crippen LogP contribution < -0.4 is 15.2 Å². The van der Waals surface area contributed by atoms with Gasteiger partial charge in [0.05, 0.1) is 20.8 Å². The van der Waals surface area contributed by atoms with Crippen LogP contribution >= 0.6 is 0 Å². The zero-order chi connectivity index (χ0) is 24.4. The Hall–Kier alpha value is -3.82. The van der Waals surface area contributed by atoms with Crippen LogP contribution in [0.1, 0.15) is 19.4 Å². The number of aliphatic imine (C=N–C) groups is 1. The molecule has 10 heteroatoms. The second-order valence-corrected chi connectivity index (χ2v) is 7.15. The molecule has 0 unspecified atom stereocenters. The first-order chi connectivity index (χ1) is 15.8. The van der Waals surface area contributed by atoms with Crippen molar-refractivity contribution in [2.45, 2.75) is 13.8 Å². The van der Waals surface area contributed by atoms with E-state index in [4.69, 9.17) is 25.4 Å². The molecule has 0 radical (unpaired) electrons. The highest BCUT2D eigenvalue weighted by Gasteiger charge is 2.26. The van der Waals surface area contributed by atoms with Gasteiger partial charge in [-0.25, -0.2) is 4.79 Å². The van der Waals surface area contributed by atoms with E-state index in [1.54, 1.807) is 62.1 Å². The van der Waals surface area contributed by atoms with Gasteiger partial charge in [0, 0.05) is 49.4 Å². The predicted octanol–water partition coefficient (Wildman–Crippen LogP) is 2.30. The molecule has 1 fully saturated rings. The van der Waals surface area contributed by atoms with Gasteiger partial charge < -0.3 is 29.7 Å². The van der Waals surface area contributed by atoms with Crippen LogP contribution in [0.5, 0.6) is 11.5 Å². The molecular weight excluding hydrogens is 426 g/mol. The molecule has 1 aliphatic heterocycles. The molecule has 0 bridgehead atoms. The molecule has 1 aromatic rings. The van der Waals surface area contributed by atoms with Gasteiger partial charge in [0.25, 0.3) is 5.91 Å². The maximum Gasteiger partial charge on any atom is 0.409 e. The van der Waals surface area contributed by atoms with E-state index in [1.165, 1.54) is 12.3 Å². The number of carbonyl (C=O) groups is 2. The topological polar surface area (TPSA) is 131 Å². The van der Waals surface area contributed by atoms with Crippen molar-refractivity contribution in [3.63, 3.8) is 0 Å². The first kappa shape index (κ1) is 25.4. The molecule has 2 rings (SSSR count). The van der Waals surface area contributed by atoms with E-state index in [0.717, 1.165) is 5.56 Å². The molecule has 178 valence electrons. The summed E-state index contributed by atoms with van der Waals surface area (Å²) in [5.41, 5.74) is 7.63. The summed E-state index contributed by atoms with van der Waals surface area (Å²) in [5, 5.41) is 8.09. The van der Waals surface area contributed by atoms with E-state index >= 15 is 0 Å². The molecule has 0 aromatic heterocycles. The Morgan fingerprint density at radius 2 is 1.76 bits per heavy atom. The van der Waals surface area contributed by atoms with Crippen LogP contribution in [-0.4, -0.2) is 80.7 Å². The van der Waals surface area contributed by atoms with Crippen LogP contribution in [0, 0.1) is 5.41 Å². The molecule has 0 atom stereocenters. The Kier molecular flexibility index (Phi) is 9.46. The van der Waals surface area contributed by atoms with Crippen molar-refractivity contribution >= 4 is 29.6 Å². The molecule has 1 heterocycles. The van der Waals surface area contributed by atoms with Gasteiger partial charge in [0.1, 0.15) is 5.71 Å². The predicted molar refractivity (Wildman–Crippen MR) is 127 cm³/mol. The van der Waals surface area contributed by atoms with Gasteiger partial charge in [-0.15, -0.1) is 0 Å². The summed E-state index contributed by atoms with van der Waals surface area (Å²) >= 11 is 0. The second-order valence-electron chi connectivity index (χ2n) is 7.15. The molecule has 2 amide bonds. The number of carbonyl (C=O) groups excluding carboxylic acids is 2. The molecule has 0 spiro atoms. The zero-order valence-corrected chi connectivity index (χ0v) is 19.5. The molecule has 1 saturated heterocycles. The number of ether oxygens (including phenoxy) is 3. The normalized spacial score (nSPS) is 14.9. The molecule has 1 aliphatic rings. The van der Waals surface area contributed by atoms with Gasteiger partial charge in [0.15, 0.2) is 11.5 Å². The summed E-state index contributed by atoms with van der Waals surface area (Å²) in [6.07, 6.45) is 4.15. The molecule has 1 aromatic carbocycles. The number of amides is 2. The minimum absolute atomic E-state index is 0.175. The number of nitrogens with one attached hydrogen (secondary N) is 1. The van der Waals surface area contributed by atoms with Crippen molar-refractivity contribution in [3.05, 3.63) is 41.6 Å². The lowest BCUT2D eigenvalue weighted by molar-refractivity contribution is -0.125. The zero-order valence-electron chi connectivity index (χ0n) is 19.5. The summed E-state index contributed by atoms with van der Waals surface area (Å²) < 4.78 is 15.5. The van der Waals surface area contributed by atoms with Gasteiger partial charge in [-0.2, -0.15) is 0 Å². The lowest BCUT2D eigenvalue weighted by Gasteiger charge is -2.33. The summed E-state index contributed by atoms with van der Waals surface area (Å²) in [4.78, 5) is 31.6. The SMILES string of the molecule is CCOC(=O)N1CCN(C(=O)C(=N)/C=C(C)/N=C\C=C(/N)c2ccc(OC)c(OC)c2)CC1. The van der Waals surface area contributed by atoms with Gasteiger partial charge in [-0.05, 0) is 44.2 Å². The second kappa shape index (κ2) is 12.3. The number of nitrogens with zero attached hydrogens (tertiary/aromatic N) is 3. The first-order valence-corrected chi connectivity index (χ1v) is 10.5. The van der Waals surface area contributed by atoms with E-state index in [2.05, 4.69) is 4.99 Å². The summed E-state index contributed by atoms with van der Waals surface area (Å²) in [5.74, 6) is 0.759. The lowest BCUT2D eigenvalue weighted by Crippen LogP contribution is -2.52. The van der Waals surface area contributed by atoms with Crippen LogP contribution in [-0.2, 0) is 9.53 Å². The number of hydrogen-bond donors (Lipinski definition) is 2. The highest BCUT2D eigenvalue weighted by Crippen LogP contribution is 2.29. The summed E-state index contributed by atoms with van der Waals surface area (Å²) in [7, 11) is 3.11. The number of benzene rings is 1. The van der Waals surface area contributed by atoms with E-state index in [9.17, 15) is 9.59 Å². The van der Waals surface area contributed by atoms with Gasteiger partial charge in [-0.3, -0.25) is 15.2 Å². The van der Waals surface area contributed by atoms with Crippen molar-refractivity contribution in [2.75, 3.05) is 47.0 Å². The smallest absolute Gasteiger partial charge is 0.409 e. The molecule has 33 heavy (non-hydrogen) atoms. The number of hydrogen-bond acceptors (Lipinski definition) is 8. The van der Waals surface area contributed by atoms with Crippen LogP contribution in [0.25, 0.3) is 5.70 Å². The van der Waals surface area contributed by atoms with Crippen LogP contribution in [0.15, 0.2) is 41.0 Å². The summed E-state index contributed by atoms with van der Waals surface area (Å²) in [6, 6.07) is 5.33. The van der Waals surface area contributed by atoms with Crippen LogP contribution in [0.2, 0.25) is 0 Å². The minimum atomic E-state index is -0.409. The Bertz CT molecular complexity index is 962. The van der Waals surface area contributed by atoms with Crippen molar-refractivity contribution in [3.8, 4) is 11.5 Å². The van der Waals surface area contributed by atoms with Crippen molar-refractivity contribution < 1.29 is 23.8 Å². The van der Waals surface area contributed by atoms with Gasteiger partial charge >= 0.3 is 6.09 Å². The Labute approximate surface area is 193 Å². The average molecular weight is 458 g/mol. The maximum absolute atomic E-state index is 12.5. The minimum Gasteiger partial charge on any atom is -0.493 e. The highest BCUT2D eigenvalue weighted by atomic mass is 16.6. The number of nitrogens with two attached hydrogens (primary N) is 1. The standard InChI is InChI=1S/C23H31N5O5/c1-5-33-23(30)28-12-10-27(11-13-28)22(29)19(25)14-16(2)26-9-8-18(24)17-6-7-20(31-3)21(15-17)32-4/h6-9,14-15,25H,5,10-13,24H2,1-4H3/b16-14+,18-8-,25-19?,26-9-. The largest absolute Gasteiger partial charge is 0.493 e. The van der Waals surface area contributed by atoms with Crippen LogP contribution in [0.4, 0.5) is 4.79 Å². The molecular formula is C23H31N5O5. The van der Waals surface area contributed by atoms with Crippen molar-refractivity contribution in [2.24, 2.45) is 10.7 Å². The van der Waals surface area contributed by atoms with E-state index in [0.29, 0.717) is 55.7 Å². The summed E-state index contributed by atoms with van der Waals surface area (Å²) in [6.45, 7) is 5.19. The molecule has 10 nitrogen and oxygen atoms in total.